The Morgan fingerprint density at radius 2 is 1.05 bits per heavy atom. The van der Waals surface area contributed by atoms with Crippen LogP contribution in [0, 0.1) is 13.8 Å². The highest BCUT2D eigenvalue weighted by Gasteiger charge is 2.25. The van der Waals surface area contributed by atoms with Crippen LogP contribution in [-0.4, -0.2) is 5.60 Å². The van der Waals surface area contributed by atoms with E-state index in [2.05, 4.69) is 0 Å². The van der Waals surface area contributed by atoms with E-state index in [4.69, 9.17) is 13.6 Å². The number of benzene rings is 2. The first-order chi connectivity index (χ1) is 10.3. The molecular weight excluding hydrogens is 295 g/mol. The molecule has 0 N–H and O–H groups in total. The lowest BCUT2D eigenvalue weighted by molar-refractivity contribution is 0.115. The second-order valence-corrected chi connectivity index (χ2v) is 7.23. The summed E-state index contributed by atoms with van der Waals surface area (Å²) in [4.78, 5) is 0. The highest BCUT2D eigenvalue weighted by Crippen LogP contribution is 2.44. The summed E-state index contributed by atoms with van der Waals surface area (Å²) in [6.07, 6.45) is 0. The van der Waals surface area contributed by atoms with E-state index in [1.165, 1.54) is 11.1 Å². The Bertz CT molecular complexity index is 538. The van der Waals surface area contributed by atoms with Gasteiger partial charge in [0.15, 0.2) is 0 Å². The predicted molar refractivity (Wildman–Crippen MR) is 91.4 cm³/mol. The fourth-order valence-electron chi connectivity index (χ4n) is 1.65. The molecule has 0 saturated carbocycles. The van der Waals surface area contributed by atoms with Crippen LogP contribution in [0.5, 0.6) is 11.5 Å². The molecule has 0 radical (unpaired) electrons. The van der Waals surface area contributed by atoms with Crippen LogP contribution in [0.2, 0.25) is 0 Å². The van der Waals surface area contributed by atoms with Crippen LogP contribution >= 0.6 is 8.60 Å². The summed E-state index contributed by atoms with van der Waals surface area (Å²) in [6.45, 7) is 10.0. The molecule has 0 bridgehead atoms. The third-order valence-corrected chi connectivity index (χ3v) is 4.17. The largest absolute Gasteiger partial charge is 0.463 e. The zero-order valence-corrected chi connectivity index (χ0v) is 14.7. The number of aryl methyl sites for hydroxylation is 2. The summed E-state index contributed by atoms with van der Waals surface area (Å²) in [5.74, 6) is 1.49. The Labute approximate surface area is 134 Å². The normalized spacial score (nSPS) is 11.5. The topological polar surface area (TPSA) is 27.7 Å². The van der Waals surface area contributed by atoms with Gasteiger partial charge < -0.3 is 9.05 Å². The molecule has 0 heterocycles. The molecule has 0 unspecified atom stereocenters. The third-order valence-electron chi connectivity index (χ3n) is 2.75. The molecule has 2 aromatic rings. The second kappa shape index (κ2) is 7.13. The molecule has 4 heteroatoms. The molecule has 22 heavy (non-hydrogen) atoms. The number of rotatable bonds is 5. The average Bonchev–Trinajstić information content (AvgIpc) is 2.42. The Balaban J connectivity index is 2.11. The molecule has 0 aromatic heterocycles. The molecule has 0 aliphatic heterocycles. The van der Waals surface area contributed by atoms with Gasteiger partial charge in [0, 0.05) is 0 Å². The van der Waals surface area contributed by atoms with Gasteiger partial charge in [-0.1, -0.05) is 35.4 Å². The van der Waals surface area contributed by atoms with Crippen molar-refractivity contribution in [1.82, 2.24) is 0 Å². The van der Waals surface area contributed by atoms with Crippen LogP contribution in [0.15, 0.2) is 48.5 Å². The molecular formula is C18H23O3P. The lowest BCUT2D eigenvalue weighted by atomic mass is 10.2. The molecule has 118 valence electrons. The fraction of sp³-hybridized carbons (Fsp3) is 0.333. The van der Waals surface area contributed by atoms with Crippen molar-refractivity contribution in [3.63, 3.8) is 0 Å². The maximum absolute atomic E-state index is 5.93. The summed E-state index contributed by atoms with van der Waals surface area (Å²) in [5.41, 5.74) is 2.03. The molecule has 0 fully saturated rings. The molecule has 0 aliphatic carbocycles. The van der Waals surface area contributed by atoms with Crippen LogP contribution in [0.4, 0.5) is 0 Å². The van der Waals surface area contributed by atoms with E-state index in [1.54, 1.807) is 0 Å². The van der Waals surface area contributed by atoms with Crippen molar-refractivity contribution < 1.29 is 13.6 Å². The Hall–Kier alpha value is -1.57. The first-order valence-corrected chi connectivity index (χ1v) is 8.40. The smallest absolute Gasteiger partial charge is 0.418 e. The van der Waals surface area contributed by atoms with Crippen LogP contribution in [0.1, 0.15) is 31.9 Å². The molecule has 3 nitrogen and oxygen atoms in total. The first-order valence-electron chi connectivity index (χ1n) is 7.30. The zero-order valence-electron chi connectivity index (χ0n) is 13.8. The average molecular weight is 318 g/mol. The standard InChI is InChI=1S/C18H23O3P/c1-14-6-10-16(11-7-14)19-22(21-18(3,4)5)20-17-12-8-15(2)9-13-17/h6-13H,1-5H3. The van der Waals surface area contributed by atoms with Gasteiger partial charge in [-0.15, -0.1) is 0 Å². The molecule has 2 rings (SSSR count). The summed E-state index contributed by atoms with van der Waals surface area (Å²) < 4.78 is 17.7. The lowest BCUT2D eigenvalue weighted by Crippen LogP contribution is -2.18. The van der Waals surface area contributed by atoms with E-state index in [-0.39, 0.29) is 5.60 Å². The van der Waals surface area contributed by atoms with Gasteiger partial charge in [0.05, 0.1) is 5.60 Å². The van der Waals surface area contributed by atoms with Crippen molar-refractivity contribution >= 4 is 8.60 Å². The molecule has 0 atom stereocenters. The minimum atomic E-state index is -1.52. The van der Waals surface area contributed by atoms with Crippen molar-refractivity contribution in [1.29, 1.82) is 0 Å². The van der Waals surface area contributed by atoms with Gasteiger partial charge in [-0.25, -0.2) is 0 Å². The zero-order chi connectivity index (χ0) is 16.2. The molecule has 0 aliphatic rings. The van der Waals surface area contributed by atoms with E-state index in [9.17, 15) is 0 Å². The van der Waals surface area contributed by atoms with E-state index in [0.29, 0.717) is 0 Å². The highest BCUT2D eigenvalue weighted by atomic mass is 31.2. The van der Waals surface area contributed by atoms with Crippen molar-refractivity contribution in [2.75, 3.05) is 0 Å². The first kappa shape index (κ1) is 16.8. The Kier molecular flexibility index (Phi) is 5.44. The Morgan fingerprint density at radius 1 is 0.682 bits per heavy atom. The maximum atomic E-state index is 5.93. The van der Waals surface area contributed by atoms with Gasteiger partial charge in [-0.3, -0.25) is 4.52 Å². The second-order valence-electron chi connectivity index (χ2n) is 6.24. The monoisotopic (exact) mass is 318 g/mol. The van der Waals surface area contributed by atoms with Gasteiger partial charge in [-0.2, -0.15) is 0 Å². The maximum Gasteiger partial charge on any atom is 0.463 e. The highest BCUT2D eigenvalue weighted by molar-refractivity contribution is 7.42. The molecule has 2 aromatic carbocycles. The Morgan fingerprint density at radius 3 is 1.36 bits per heavy atom. The van der Waals surface area contributed by atoms with Crippen molar-refractivity contribution in [2.24, 2.45) is 0 Å². The van der Waals surface area contributed by atoms with Crippen molar-refractivity contribution in [3.8, 4) is 11.5 Å². The van der Waals surface area contributed by atoms with Crippen molar-refractivity contribution in [3.05, 3.63) is 59.7 Å². The fourth-order valence-corrected chi connectivity index (χ4v) is 2.80. The molecule has 0 spiro atoms. The summed E-state index contributed by atoms with van der Waals surface area (Å²) in [5, 5.41) is 0. The summed E-state index contributed by atoms with van der Waals surface area (Å²) in [6, 6.07) is 15.7. The number of hydrogen-bond acceptors (Lipinski definition) is 3. The van der Waals surface area contributed by atoms with Gasteiger partial charge in [0.25, 0.3) is 0 Å². The number of hydrogen-bond donors (Lipinski definition) is 0. The van der Waals surface area contributed by atoms with E-state index < -0.39 is 8.60 Å². The van der Waals surface area contributed by atoms with Crippen molar-refractivity contribution in [2.45, 2.75) is 40.2 Å². The minimum Gasteiger partial charge on any atom is -0.418 e. The summed E-state index contributed by atoms with van der Waals surface area (Å²) >= 11 is 0. The van der Waals surface area contributed by atoms with E-state index >= 15 is 0 Å². The van der Waals surface area contributed by atoms with Crippen LogP contribution in [-0.2, 0) is 4.52 Å². The minimum absolute atomic E-state index is 0.346. The van der Waals surface area contributed by atoms with Gasteiger partial charge >= 0.3 is 8.60 Å². The quantitative estimate of drug-likeness (QED) is 0.652. The van der Waals surface area contributed by atoms with Gasteiger partial charge in [-0.05, 0) is 58.9 Å². The van der Waals surface area contributed by atoms with Crippen LogP contribution < -0.4 is 9.05 Å². The predicted octanol–water partition coefficient (Wildman–Crippen LogP) is 5.80. The SMILES string of the molecule is Cc1ccc(OP(Oc2ccc(C)cc2)OC(C)(C)C)cc1. The third kappa shape index (κ3) is 5.67. The lowest BCUT2D eigenvalue weighted by Gasteiger charge is -2.25. The van der Waals surface area contributed by atoms with E-state index in [1.807, 2.05) is 83.1 Å². The van der Waals surface area contributed by atoms with Gasteiger partial charge in [0.2, 0.25) is 0 Å². The molecule has 0 amide bonds. The summed E-state index contributed by atoms with van der Waals surface area (Å²) in [7, 11) is -1.52. The van der Waals surface area contributed by atoms with E-state index in [0.717, 1.165) is 11.5 Å². The van der Waals surface area contributed by atoms with Crippen LogP contribution in [0.25, 0.3) is 0 Å². The van der Waals surface area contributed by atoms with Crippen LogP contribution in [0.3, 0.4) is 0 Å². The van der Waals surface area contributed by atoms with Gasteiger partial charge in [0.1, 0.15) is 11.5 Å². The molecule has 0 saturated heterocycles.